The highest BCUT2D eigenvalue weighted by molar-refractivity contribution is 6.31. The summed E-state index contributed by atoms with van der Waals surface area (Å²) in [5.74, 6) is 0.144. The predicted molar refractivity (Wildman–Crippen MR) is 53.8 cm³/mol. The van der Waals surface area contributed by atoms with Gasteiger partial charge in [-0.25, -0.2) is 0 Å². The second-order valence-corrected chi connectivity index (χ2v) is 3.36. The zero-order valence-corrected chi connectivity index (χ0v) is 8.17. The first-order chi connectivity index (χ1) is 6.07. The number of benzene rings is 1. The quantitative estimate of drug-likeness (QED) is 0.674. The molecule has 0 aliphatic heterocycles. The average molecular weight is 201 g/mol. The van der Waals surface area contributed by atoms with Crippen molar-refractivity contribution >= 4 is 11.6 Å². The molecule has 13 heavy (non-hydrogen) atoms. The number of rotatable bonds is 2. The minimum Gasteiger partial charge on any atom is -0.507 e. The molecule has 5 N–H and O–H groups in total. The Morgan fingerprint density at radius 1 is 1.54 bits per heavy atom. The lowest BCUT2D eigenvalue weighted by Crippen LogP contribution is -2.20. The van der Waals surface area contributed by atoms with E-state index in [0.717, 1.165) is 0 Å². The summed E-state index contributed by atoms with van der Waals surface area (Å²) in [7, 11) is 0. The van der Waals surface area contributed by atoms with Gasteiger partial charge in [0.1, 0.15) is 5.75 Å². The lowest BCUT2D eigenvalue weighted by Gasteiger charge is -2.13. The van der Waals surface area contributed by atoms with Crippen LogP contribution < -0.4 is 11.5 Å². The number of phenols is 1. The number of aromatic hydroxyl groups is 1. The molecule has 0 aliphatic rings. The van der Waals surface area contributed by atoms with Gasteiger partial charge in [0.05, 0.1) is 0 Å². The maximum absolute atomic E-state index is 9.66. The Labute approximate surface area is 82.3 Å². The molecule has 0 unspecified atom stereocenters. The SMILES string of the molecule is Cc1c(Cl)ccc([C@@H](N)CN)c1O. The third kappa shape index (κ3) is 1.94. The summed E-state index contributed by atoms with van der Waals surface area (Å²) in [6.07, 6.45) is 0. The first-order valence-corrected chi connectivity index (χ1v) is 4.39. The van der Waals surface area contributed by atoms with Crippen molar-refractivity contribution in [3.63, 3.8) is 0 Å². The molecule has 1 aromatic rings. The molecule has 72 valence electrons. The fraction of sp³-hybridized carbons (Fsp3) is 0.333. The van der Waals surface area contributed by atoms with E-state index in [-0.39, 0.29) is 11.8 Å². The largest absolute Gasteiger partial charge is 0.507 e. The van der Waals surface area contributed by atoms with Crippen molar-refractivity contribution in [1.29, 1.82) is 0 Å². The molecule has 0 radical (unpaired) electrons. The van der Waals surface area contributed by atoms with Crippen LogP contribution in [0.5, 0.6) is 5.75 Å². The van der Waals surface area contributed by atoms with E-state index in [1.54, 1.807) is 19.1 Å². The Balaban J connectivity index is 3.18. The van der Waals surface area contributed by atoms with Crippen molar-refractivity contribution in [2.75, 3.05) is 6.54 Å². The van der Waals surface area contributed by atoms with Gasteiger partial charge in [0, 0.05) is 28.7 Å². The molecule has 0 bridgehead atoms. The standard InChI is InChI=1S/C9H13ClN2O/c1-5-7(10)3-2-6(9(5)13)8(12)4-11/h2-3,8,13H,4,11-12H2,1H3/t8-/m0/s1. The van der Waals surface area contributed by atoms with Gasteiger partial charge in [-0.3, -0.25) is 0 Å². The fourth-order valence-corrected chi connectivity index (χ4v) is 1.28. The van der Waals surface area contributed by atoms with E-state index in [4.69, 9.17) is 23.1 Å². The van der Waals surface area contributed by atoms with Crippen LogP contribution in [0, 0.1) is 6.92 Å². The fourth-order valence-electron chi connectivity index (χ4n) is 1.12. The van der Waals surface area contributed by atoms with Crippen molar-refractivity contribution in [2.24, 2.45) is 11.5 Å². The molecule has 1 atom stereocenters. The summed E-state index contributed by atoms with van der Waals surface area (Å²) in [6.45, 7) is 2.04. The molecule has 0 saturated carbocycles. The zero-order valence-electron chi connectivity index (χ0n) is 7.42. The molecule has 1 rings (SSSR count). The molecule has 0 aliphatic carbocycles. The third-order valence-electron chi connectivity index (χ3n) is 2.05. The Kier molecular flexibility index (Phi) is 3.14. The van der Waals surface area contributed by atoms with Crippen LogP contribution in [0.1, 0.15) is 17.2 Å². The molecule has 1 aromatic carbocycles. The van der Waals surface area contributed by atoms with Gasteiger partial charge in [-0.1, -0.05) is 17.7 Å². The van der Waals surface area contributed by atoms with Gasteiger partial charge in [0.2, 0.25) is 0 Å². The van der Waals surface area contributed by atoms with Gasteiger partial charge in [-0.15, -0.1) is 0 Å². The highest BCUT2D eigenvalue weighted by Gasteiger charge is 2.12. The second-order valence-electron chi connectivity index (χ2n) is 2.95. The maximum Gasteiger partial charge on any atom is 0.124 e. The van der Waals surface area contributed by atoms with Crippen molar-refractivity contribution < 1.29 is 5.11 Å². The van der Waals surface area contributed by atoms with Crippen molar-refractivity contribution in [3.05, 3.63) is 28.3 Å². The Bertz CT molecular complexity index is 315. The number of nitrogens with two attached hydrogens (primary N) is 2. The van der Waals surface area contributed by atoms with Crippen LogP contribution in [-0.2, 0) is 0 Å². The summed E-state index contributed by atoms with van der Waals surface area (Å²) in [6, 6.07) is 3.07. The van der Waals surface area contributed by atoms with Crippen LogP contribution in [0.4, 0.5) is 0 Å². The van der Waals surface area contributed by atoms with Crippen LogP contribution in [0.25, 0.3) is 0 Å². The molecule has 0 fully saturated rings. The molecular formula is C9H13ClN2O. The average Bonchev–Trinajstić information content (AvgIpc) is 2.13. The normalized spacial score (nSPS) is 12.9. The molecule has 0 amide bonds. The molecule has 0 heterocycles. The van der Waals surface area contributed by atoms with Crippen LogP contribution in [-0.4, -0.2) is 11.7 Å². The van der Waals surface area contributed by atoms with Crippen LogP contribution >= 0.6 is 11.6 Å². The number of hydrogen-bond donors (Lipinski definition) is 3. The topological polar surface area (TPSA) is 72.3 Å². The third-order valence-corrected chi connectivity index (χ3v) is 2.46. The first-order valence-electron chi connectivity index (χ1n) is 4.01. The van der Waals surface area contributed by atoms with Crippen LogP contribution in [0.2, 0.25) is 5.02 Å². The molecule has 4 heteroatoms. The van der Waals surface area contributed by atoms with E-state index in [2.05, 4.69) is 0 Å². The van der Waals surface area contributed by atoms with E-state index >= 15 is 0 Å². The summed E-state index contributed by atoms with van der Waals surface area (Å²) in [5.41, 5.74) is 12.4. The Hall–Kier alpha value is -0.770. The molecular weight excluding hydrogens is 188 g/mol. The lowest BCUT2D eigenvalue weighted by atomic mass is 10.0. The van der Waals surface area contributed by atoms with Gasteiger partial charge < -0.3 is 16.6 Å². The highest BCUT2D eigenvalue weighted by Crippen LogP contribution is 2.31. The smallest absolute Gasteiger partial charge is 0.124 e. The van der Waals surface area contributed by atoms with Gasteiger partial charge in [-0.2, -0.15) is 0 Å². The first kappa shape index (κ1) is 10.3. The second kappa shape index (κ2) is 3.96. The summed E-state index contributed by atoms with van der Waals surface area (Å²) < 4.78 is 0. The van der Waals surface area contributed by atoms with Crippen molar-refractivity contribution in [1.82, 2.24) is 0 Å². The van der Waals surface area contributed by atoms with E-state index in [0.29, 0.717) is 22.7 Å². The van der Waals surface area contributed by atoms with Gasteiger partial charge in [0.15, 0.2) is 0 Å². The van der Waals surface area contributed by atoms with Crippen molar-refractivity contribution in [3.8, 4) is 5.75 Å². The molecule has 0 aromatic heterocycles. The minimum atomic E-state index is -0.337. The summed E-state index contributed by atoms with van der Waals surface area (Å²) >= 11 is 5.80. The van der Waals surface area contributed by atoms with Gasteiger partial charge in [0.25, 0.3) is 0 Å². The lowest BCUT2D eigenvalue weighted by molar-refractivity contribution is 0.458. The van der Waals surface area contributed by atoms with E-state index < -0.39 is 0 Å². The number of halogens is 1. The minimum absolute atomic E-state index is 0.144. The predicted octanol–water partition coefficient (Wildman–Crippen LogP) is 1.31. The van der Waals surface area contributed by atoms with E-state index in [1.807, 2.05) is 0 Å². The molecule has 3 nitrogen and oxygen atoms in total. The monoisotopic (exact) mass is 200 g/mol. The Morgan fingerprint density at radius 3 is 2.69 bits per heavy atom. The van der Waals surface area contributed by atoms with E-state index in [9.17, 15) is 5.11 Å². The van der Waals surface area contributed by atoms with Crippen LogP contribution in [0.3, 0.4) is 0 Å². The maximum atomic E-state index is 9.66. The zero-order chi connectivity index (χ0) is 10.0. The molecule has 0 spiro atoms. The van der Waals surface area contributed by atoms with Crippen molar-refractivity contribution in [2.45, 2.75) is 13.0 Å². The summed E-state index contributed by atoms with van der Waals surface area (Å²) in [4.78, 5) is 0. The van der Waals surface area contributed by atoms with Gasteiger partial charge in [-0.05, 0) is 13.0 Å². The van der Waals surface area contributed by atoms with E-state index in [1.165, 1.54) is 0 Å². The number of hydrogen-bond acceptors (Lipinski definition) is 3. The summed E-state index contributed by atoms with van der Waals surface area (Å²) in [5, 5.41) is 10.2. The Morgan fingerprint density at radius 2 is 2.15 bits per heavy atom. The van der Waals surface area contributed by atoms with Gasteiger partial charge >= 0.3 is 0 Å². The van der Waals surface area contributed by atoms with Crippen LogP contribution in [0.15, 0.2) is 12.1 Å². The number of phenolic OH excluding ortho intramolecular Hbond substituents is 1. The highest BCUT2D eigenvalue weighted by atomic mass is 35.5. The molecule has 0 saturated heterocycles.